The predicted molar refractivity (Wildman–Crippen MR) is 168 cm³/mol. The van der Waals surface area contributed by atoms with Gasteiger partial charge in [0.1, 0.15) is 23.9 Å². The van der Waals surface area contributed by atoms with Crippen molar-refractivity contribution in [2.75, 3.05) is 6.54 Å². The number of carboxylic acid groups (broad SMARTS) is 1. The van der Waals surface area contributed by atoms with Crippen LogP contribution >= 0.6 is 11.6 Å². The van der Waals surface area contributed by atoms with E-state index in [1.54, 1.807) is 42.5 Å². The Bertz CT molecular complexity index is 1290. The first-order chi connectivity index (χ1) is 21.1. The summed E-state index contributed by atoms with van der Waals surface area (Å²) in [6.07, 6.45) is 0.505. The Balaban J connectivity index is 0.00000238. The number of hydrogen-bond acceptors (Lipinski definition) is 8. The number of nitrogens with one attached hydrogen (secondary N) is 4. The van der Waals surface area contributed by atoms with Crippen molar-refractivity contribution in [2.24, 2.45) is 11.7 Å². The molecular weight excluding hydrogens is 606 g/mol. The van der Waals surface area contributed by atoms with Gasteiger partial charge in [-0.3, -0.25) is 24.0 Å². The van der Waals surface area contributed by atoms with Crippen molar-refractivity contribution in [3.8, 4) is 5.75 Å². The number of rotatable bonds is 15. The molecule has 0 spiro atoms. The molecule has 0 bridgehead atoms. The van der Waals surface area contributed by atoms with Crippen LogP contribution < -0.4 is 27.0 Å². The zero-order chi connectivity index (χ0) is 34.1. The van der Waals surface area contributed by atoms with Gasteiger partial charge in [0.25, 0.3) is 0 Å². The van der Waals surface area contributed by atoms with Crippen LogP contribution in [-0.4, -0.2) is 75.8 Å². The minimum Gasteiger partial charge on any atom is -0.508 e. The van der Waals surface area contributed by atoms with Crippen molar-refractivity contribution in [1.82, 2.24) is 21.3 Å². The molecule has 4 amide bonds. The molecular formula is C31H42ClN5O8. The van der Waals surface area contributed by atoms with Gasteiger partial charge in [-0.15, -0.1) is 0 Å². The SMILES string of the molecule is CC(=O)Cl.CC(C)C[C@H](NC(=O)[C@H](Cc1ccccc1)NC(=O)CNC(=O)[C@H](C)NC(=O)[C@@H](N)Cc1ccc(O)cc1)C(=O)O. The van der Waals surface area contributed by atoms with E-state index in [-0.39, 0.29) is 36.2 Å². The Labute approximate surface area is 267 Å². The van der Waals surface area contributed by atoms with Gasteiger partial charge in [0.2, 0.25) is 28.9 Å². The lowest BCUT2D eigenvalue weighted by atomic mass is 10.0. The summed E-state index contributed by atoms with van der Waals surface area (Å²) in [7, 11) is 0. The fourth-order valence-corrected chi connectivity index (χ4v) is 3.95. The molecule has 13 nitrogen and oxygen atoms in total. The third kappa shape index (κ3) is 16.2. The Kier molecular flexibility index (Phi) is 16.9. The van der Waals surface area contributed by atoms with Crippen molar-refractivity contribution in [3.63, 3.8) is 0 Å². The van der Waals surface area contributed by atoms with Crippen molar-refractivity contribution >= 4 is 46.4 Å². The van der Waals surface area contributed by atoms with E-state index in [0.29, 0.717) is 0 Å². The van der Waals surface area contributed by atoms with Crippen LogP contribution in [0.25, 0.3) is 0 Å². The lowest BCUT2D eigenvalue weighted by Gasteiger charge is -2.23. The van der Waals surface area contributed by atoms with Crippen LogP contribution in [0, 0.1) is 5.92 Å². The lowest BCUT2D eigenvalue weighted by molar-refractivity contribution is -0.142. The highest BCUT2D eigenvalue weighted by molar-refractivity contribution is 6.62. The fraction of sp³-hybridized carbons (Fsp3) is 0.419. The Hall–Kier alpha value is -4.49. The first kappa shape index (κ1) is 38.5. The number of benzene rings is 2. The van der Waals surface area contributed by atoms with Gasteiger partial charge in [-0.25, -0.2) is 4.79 Å². The molecule has 14 heteroatoms. The molecule has 8 N–H and O–H groups in total. The number of phenols is 1. The number of nitrogens with two attached hydrogens (primary N) is 1. The van der Waals surface area contributed by atoms with Crippen LogP contribution in [0.4, 0.5) is 0 Å². The molecule has 0 aliphatic heterocycles. The molecule has 0 heterocycles. The number of carboxylic acids is 1. The number of carbonyl (C=O) groups is 6. The molecule has 45 heavy (non-hydrogen) atoms. The molecule has 4 atom stereocenters. The molecule has 0 saturated carbocycles. The first-order valence-corrected chi connectivity index (χ1v) is 14.6. The van der Waals surface area contributed by atoms with Crippen molar-refractivity contribution in [3.05, 3.63) is 65.7 Å². The average molecular weight is 648 g/mol. The summed E-state index contributed by atoms with van der Waals surface area (Å²) in [5.41, 5.74) is 7.41. The van der Waals surface area contributed by atoms with Crippen molar-refractivity contribution in [2.45, 2.75) is 71.1 Å². The van der Waals surface area contributed by atoms with Gasteiger partial charge < -0.3 is 37.2 Å². The highest BCUT2D eigenvalue weighted by Gasteiger charge is 2.28. The summed E-state index contributed by atoms with van der Waals surface area (Å²) < 4.78 is 0. The van der Waals surface area contributed by atoms with Crippen molar-refractivity contribution in [1.29, 1.82) is 0 Å². The second-order valence-electron chi connectivity index (χ2n) is 10.7. The molecule has 246 valence electrons. The monoisotopic (exact) mass is 647 g/mol. The maximum Gasteiger partial charge on any atom is 0.326 e. The summed E-state index contributed by atoms with van der Waals surface area (Å²) in [6, 6.07) is 11.0. The van der Waals surface area contributed by atoms with Gasteiger partial charge in [0, 0.05) is 13.3 Å². The minimum absolute atomic E-state index is 0.0126. The molecule has 0 unspecified atom stereocenters. The predicted octanol–water partition coefficient (Wildman–Crippen LogP) is 0.998. The zero-order valence-corrected chi connectivity index (χ0v) is 26.5. The smallest absolute Gasteiger partial charge is 0.326 e. The van der Waals surface area contributed by atoms with E-state index >= 15 is 0 Å². The van der Waals surface area contributed by atoms with Crippen molar-refractivity contribution < 1.29 is 39.0 Å². The Morgan fingerprint density at radius 1 is 0.778 bits per heavy atom. The summed E-state index contributed by atoms with van der Waals surface area (Å²) in [5.74, 6) is -3.63. The van der Waals surface area contributed by atoms with Gasteiger partial charge >= 0.3 is 5.97 Å². The van der Waals surface area contributed by atoms with Gasteiger partial charge in [0.05, 0.1) is 12.6 Å². The molecule has 2 aromatic carbocycles. The molecule has 2 aromatic rings. The third-order valence-corrected chi connectivity index (χ3v) is 6.16. The zero-order valence-electron chi connectivity index (χ0n) is 25.7. The molecule has 2 rings (SSSR count). The van der Waals surface area contributed by atoms with E-state index in [9.17, 15) is 39.0 Å². The number of aliphatic carboxylic acids is 1. The summed E-state index contributed by atoms with van der Waals surface area (Å²) in [6.45, 7) is 5.92. The van der Waals surface area contributed by atoms with E-state index in [1.807, 2.05) is 13.8 Å². The molecule has 0 aliphatic carbocycles. The molecule has 0 saturated heterocycles. The van der Waals surface area contributed by atoms with Gasteiger partial charge in [-0.1, -0.05) is 56.3 Å². The number of phenolic OH excluding ortho intramolecular Hbond substituents is 1. The number of amides is 4. The highest BCUT2D eigenvalue weighted by Crippen LogP contribution is 2.11. The minimum atomic E-state index is -1.18. The normalized spacial score (nSPS) is 13.1. The third-order valence-electron chi connectivity index (χ3n) is 6.16. The number of carbonyl (C=O) groups excluding carboxylic acids is 5. The molecule has 0 fully saturated rings. The van der Waals surface area contributed by atoms with Crippen LogP contribution in [0.3, 0.4) is 0 Å². The summed E-state index contributed by atoms with van der Waals surface area (Å²) >= 11 is 4.64. The van der Waals surface area contributed by atoms with E-state index in [4.69, 9.17) is 5.73 Å². The van der Waals surface area contributed by atoms with Crippen LogP contribution in [0.2, 0.25) is 0 Å². The Morgan fingerprint density at radius 3 is 1.87 bits per heavy atom. The lowest BCUT2D eigenvalue weighted by Crippen LogP contribution is -2.55. The summed E-state index contributed by atoms with van der Waals surface area (Å²) in [4.78, 5) is 71.5. The molecule has 0 aromatic heterocycles. The van der Waals surface area contributed by atoms with Gasteiger partial charge in [0.15, 0.2) is 0 Å². The maximum atomic E-state index is 13.0. The van der Waals surface area contributed by atoms with E-state index in [1.165, 1.54) is 26.0 Å². The number of aromatic hydroxyl groups is 1. The average Bonchev–Trinajstić information content (AvgIpc) is 2.96. The molecule has 0 aliphatic rings. The van der Waals surface area contributed by atoms with Gasteiger partial charge in [-0.05, 0) is 60.5 Å². The summed E-state index contributed by atoms with van der Waals surface area (Å²) in [5, 5.41) is 28.5. The first-order valence-electron chi connectivity index (χ1n) is 14.2. The van der Waals surface area contributed by atoms with Crippen LogP contribution in [0.5, 0.6) is 5.75 Å². The second-order valence-corrected chi connectivity index (χ2v) is 11.3. The largest absolute Gasteiger partial charge is 0.508 e. The number of halogens is 1. The van der Waals surface area contributed by atoms with E-state index in [0.717, 1.165) is 11.1 Å². The fourth-order valence-electron chi connectivity index (χ4n) is 3.95. The van der Waals surface area contributed by atoms with E-state index < -0.39 is 60.3 Å². The van der Waals surface area contributed by atoms with Gasteiger partial charge in [-0.2, -0.15) is 0 Å². The van der Waals surface area contributed by atoms with E-state index in [2.05, 4.69) is 32.9 Å². The number of hydrogen-bond donors (Lipinski definition) is 7. The van der Waals surface area contributed by atoms with Crippen LogP contribution in [0.15, 0.2) is 54.6 Å². The standard InChI is InChI=1S/C29H39N5O7.C2H3ClO/c1-17(2)13-24(29(40)41)34-28(39)23(15-19-7-5-4-6-8-19)33-25(36)16-31-26(37)18(3)32-27(38)22(30)14-20-9-11-21(35)12-10-20;1-2(3)4/h4-12,17-18,22-24,35H,13-16,30H2,1-3H3,(H,31,37)(H,32,38)(H,33,36)(H,34,39)(H,40,41);1H3/t18-,22-,23-,24-;/m0./s1. The highest BCUT2D eigenvalue weighted by atomic mass is 35.5. The van der Waals surface area contributed by atoms with Crippen LogP contribution in [0.1, 0.15) is 45.2 Å². The van der Waals surface area contributed by atoms with Crippen LogP contribution in [-0.2, 0) is 41.6 Å². The Morgan fingerprint density at radius 2 is 1.33 bits per heavy atom. The topological polar surface area (TPSA) is 217 Å². The molecule has 0 radical (unpaired) electrons. The second kappa shape index (κ2) is 19.7. The maximum absolute atomic E-state index is 13.0. The quantitative estimate of drug-likeness (QED) is 0.137.